The van der Waals surface area contributed by atoms with Crippen LogP contribution in [-0.2, 0) is 9.59 Å². The smallest absolute Gasteiger partial charge is 0.227 e. The summed E-state index contributed by atoms with van der Waals surface area (Å²) >= 11 is 1.38. The Labute approximate surface area is 144 Å². The summed E-state index contributed by atoms with van der Waals surface area (Å²) in [6.07, 6.45) is 3.01. The number of nitrogens with one attached hydrogen (secondary N) is 2. The number of rotatable bonds is 7. The van der Waals surface area contributed by atoms with E-state index in [1.807, 2.05) is 29.6 Å². The van der Waals surface area contributed by atoms with Crippen LogP contribution < -0.4 is 16.4 Å². The fraction of sp³-hybridized carbons (Fsp3) is 0.353. The quantitative estimate of drug-likeness (QED) is 0.719. The number of anilines is 2. The highest BCUT2D eigenvalue weighted by molar-refractivity contribution is 7.14. The maximum absolute atomic E-state index is 11.9. The molecule has 6 nitrogen and oxygen atoms in total. The number of carbonyl (C=O) groups excluding carboxylic acids is 2. The van der Waals surface area contributed by atoms with Crippen LogP contribution >= 0.6 is 11.3 Å². The van der Waals surface area contributed by atoms with Crippen molar-refractivity contribution in [2.75, 3.05) is 17.2 Å². The first-order valence-corrected chi connectivity index (χ1v) is 8.90. The molecule has 0 spiro atoms. The van der Waals surface area contributed by atoms with Gasteiger partial charge in [0.05, 0.1) is 5.69 Å². The van der Waals surface area contributed by atoms with Gasteiger partial charge in [-0.05, 0) is 37.9 Å². The van der Waals surface area contributed by atoms with Crippen molar-refractivity contribution in [1.29, 1.82) is 0 Å². The van der Waals surface area contributed by atoms with Crippen molar-refractivity contribution in [2.45, 2.75) is 25.7 Å². The van der Waals surface area contributed by atoms with Crippen molar-refractivity contribution in [2.24, 2.45) is 11.7 Å². The molecule has 0 aliphatic heterocycles. The molecule has 1 saturated carbocycles. The number of benzene rings is 1. The predicted octanol–water partition coefficient (Wildman–Crippen LogP) is 2.84. The van der Waals surface area contributed by atoms with Crippen LogP contribution in [0.5, 0.6) is 0 Å². The van der Waals surface area contributed by atoms with Crippen LogP contribution in [-0.4, -0.2) is 23.3 Å². The third-order valence-corrected chi connectivity index (χ3v) is 4.49. The second-order valence-corrected chi connectivity index (χ2v) is 6.68. The van der Waals surface area contributed by atoms with Gasteiger partial charge < -0.3 is 16.4 Å². The molecule has 3 rings (SSSR count). The van der Waals surface area contributed by atoms with Gasteiger partial charge in [-0.25, -0.2) is 4.98 Å². The SMILES string of the molecule is NCCCC(=O)Nc1nc(-c2cccc(NC(=O)C3CC3)c2)cs1. The molecule has 0 radical (unpaired) electrons. The van der Waals surface area contributed by atoms with Gasteiger partial charge in [0, 0.05) is 29.0 Å². The molecule has 1 aromatic heterocycles. The topological polar surface area (TPSA) is 97.1 Å². The molecule has 7 heteroatoms. The average Bonchev–Trinajstić information content (AvgIpc) is 3.33. The summed E-state index contributed by atoms with van der Waals surface area (Å²) in [5.74, 6) is 0.174. The van der Waals surface area contributed by atoms with Gasteiger partial charge in [0.25, 0.3) is 0 Å². The van der Waals surface area contributed by atoms with Crippen molar-refractivity contribution in [3.05, 3.63) is 29.6 Å². The average molecular weight is 344 g/mol. The second kappa shape index (κ2) is 7.55. The zero-order valence-corrected chi connectivity index (χ0v) is 14.1. The molecular formula is C17H20N4O2S. The summed E-state index contributed by atoms with van der Waals surface area (Å²) in [5, 5.41) is 8.17. The zero-order valence-electron chi connectivity index (χ0n) is 13.2. The molecule has 0 saturated heterocycles. The highest BCUT2D eigenvalue weighted by atomic mass is 32.1. The first-order chi connectivity index (χ1) is 11.7. The molecule has 0 unspecified atom stereocenters. The van der Waals surface area contributed by atoms with E-state index in [0.29, 0.717) is 24.5 Å². The van der Waals surface area contributed by atoms with Crippen LogP contribution in [0.15, 0.2) is 29.6 Å². The maximum atomic E-state index is 11.9. The summed E-state index contributed by atoms with van der Waals surface area (Å²) in [6.45, 7) is 0.496. The number of carbonyl (C=O) groups is 2. The van der Waals surface area contributed by atoms with Crippen LogP contribution in [0.4, 0.5) is 10.8 Å². The Morgan fingerprint density at radius 2 is 2.12 bits per heavy atom. The summed E-state index contributed by atoms with van der Waals surface area (Å²) < 4.78 is 0. The van der Waals surface area contributed by atoms with E-state index in [1.54, 1.807) is 0 Å². The summed E-state index contributed by atoms with van der Waals surface area (Å²) in [7, 11) is 0. The van der Waals surface area contributed by atoms with Crippen molar-refractivity contribution in [3.8, 4) is 11.3 Å². The van der Waals surface area contributed by atoms with Gasteiger partial charge in [-0.2, -0.15) is 0 Å². The van der Waals surface area contributed by atoms with Crippen LogP contribution in [0.3, 0.4) is 0 Å². The predicted molar refractivity (Wildman–Crippen MR) is 95.8 cm³/mol. The Hall–Kier alpha value is -2.25. The molecule has 1 fully saturated rings. The van der Waals surface area contributed by atoms with Crippen LogP contribution in [0, 0.1) is 5.92 Å². The van der Waals surface area contributed by atoms with Gasteiger partial charge in [-0.15, -0.1) is 11.3 Å². The van der Waals surface area contributed by atoms with Gasteiger partial charge >= 0.3 is 0 Å². The van der Waals surface area contributed by atoms with Crippen LogP contribution in [0.25, 0.3) is 11.3 Å². The molecule has 1 aromatic carbocycles. The first kappa shape index (κ1) is 16.6. The second-order valence-electron chi connectivity index (χ2n) is 5.82. The van der Waals surface area contributed by atoms with Crippen molar-refractivity contribution in [1.82, 2.24) is 4.98 Å². The van der Waals surface area contributed by atoms with E-state index in [0.717, 1.165) is 29.8 Å². The van der Waals surface area contributed by atoms with Gasteiger partial charge in [0.15, 0.2) is 5.13 Å². The van der Waals surface area contributed by atoms with Gasteiger partial charge in [-0.3, -0.25) is 9.59 Å². The molecule has 1 aliphatic carbocycles. The zero-order chi connectivity index (χ0) is 16.9. The molecule has 0 atom stereocenters. The lowest BCUT2D eigenvalue weighted by molar-refractivity contribution is -0.117. The minimum Gasteiger partial charge on any atom is -0.330 e. The fourth-order valence-corrected chi connectivity index (χ4v) is 2.99. The van der Waals surface area contributed by atoms with E-state index in [-0.39, 0.29) is 17.7 Å². The number of thiazole rings is 1. The van der Waals surface area contributed by atoms with Crippen molar-refractivity contribution in [3.63, 3.8) is 0 Å². The summed E-state index contributed by atoms with van der Waals surface area (Å²) in [6, 6.07) is 7.58. The van der Waals surface area contributed by atoms with Gasteiger partial charge in [-0.1, -0.05) is 12.1 Å². The van der Waals surface area contributed by atoms with Crippen molar-refractivity contribution < 1.29 is 9.59 Å². The summed E-state index contributed by atoms with van der Waals surface area (Å²) in [5.41, 5.74) is 7.85. The Morgan fingerprint density at radius 1 is 1.29 bits per heavy atom. The number of aromatic nitrogens is 1. The molecular weight excluding hydrogens is 324 g/mol. The van der Waals surface area contributed by atoms with Crippen molar-refractivity contribution >= 4 is 34.0 Å². The normalized spacial score (nSPS) is 13.5. The van der Waals surface area contributed by atoms with E-state index < -0.39 is 0 Å². The number of amides is 2. The molecule has 24 heavy (non-hydrogen) atoms. The van der Waals surface area contributed by atoms with Gasteiger partial charge in [0.1, 0.15) is 0 Å². The Kier molecular flexibility index (Phi) is 5.22. The highest BCUT2D eigenvalue weighted by Crippen LogP contribution is 2.31. The third kappa shape index (κ3) is 4.39. The lowest BCUT2D eigenvalue weighted by Crippen LogP contribution is -2.13. The number of hydrogen-bond acceptors (Lipinski definition) is 5. The highest BCUT2D eigenvalue weighted by Gasteiger charge is 2.29. The molecule has 126 valence electrons. The molecule has 2 aromatic rings. The standard InChI is InChI=1S/C17H20N4O2S/c18-8-2-5-15(22)21-17-20-14(10-24-17)12-3-1-4-13(9-12)19-16(23)11-6-7-11/h1,3-4,9-11H,2,5-8,18H2,(H,19,23)(H,20,21,22). The monoisotopic (exact) mass is 344 g/mol. The lowest BCUT2D eigenvalue weighted by Gasteiger charge is -2.05. The molecule has 2 amide bonds. The van der Waals surface area contributed by atoms with E-state index in [9.17, 15) is 9.59 Å². The van der Waals surface area contributed by atoms with E-state index in [4.69, 9.17) is 5.73 Å². The molecule has 0 bridgehead atoms. The molecule has 1 heterocycles. The largest absolute Gasteiger partial charge is 0.330 e. The van der Waals surface area contributed by atoms with Gasteiger partial charge in [0.2, 0.25) is 11.8 Å². The minimum absolute atomic E-state index is 0.0770. The van der Waals surface area contributed by atoms with E-state index in [1.165, 1.54) is 11.3 Å². The maximum Gasteiger partial charge on any atom is 0.227 e. The van der Waals surface area contributed by atoms with Crippen LogP contribution in [0.2, 0.25) is 0 Å². The van der Waals surface area contributed by atoms with E-state index >= 15 is 0 Å². The lowest BCUT2D eigenvalue weighted by atomic mass is 10.1. The first-order valence-electron chi connectivity index (χ1n) is 8.02. The minimum atomic E-state index is -0.0770. The molecule has 4 N–H and O–H groups in total. The van der Waals surface area contributed by atoms with Crippen LogP contribution in [0.1, 0.15) is 25.7 Å². The Morgan fingerprint density at radius 3 is 2.88 bits per heavy atom. The molecule has 1 aliphatic rings. The number of hydrogen-bond donors (Lipinski definition) is 3. The Bertz CT molecular complexity index is 740. The summed E-state index contributed by atoms with van der Waals surface area (Å²) in [4.78, 5) is 28.0. The fourth-order valence-electron chi connectivity index (χ4n) is 2.25. The number of nitrogens with two attached hydrogens (primary N) is 1. The third-order valence-electron chi connectivity index (χ3n) is 3.73. The van der Waals surface area contributed by atoms with E-state index in [2.05, 4.69) is 15.6 Å². The Balaban J connectivity index is 1.65. The number of nitrogens with zero attached hydrogens (tertiary/aromatic N) is 1.